The number of amides is 1. The van der Waals surface area contributed by atoms with Crippen LogP contribution in [0.4, 0.5) is 5.69 Å². The molecule has 0 spiro atoms. The van der Waals surface area contributed by atoms with E-state index in [1.165, 1.54) is 20.7 Å². The molecule has 0 bridgehead atoms. The highest BCUT2D eigenvalue weighted by molar-refractivity contribution is 7.70. The lowest BCUT2D eigenvalue weighted by atomic mass is 10.3. The summed E-state index contributed by atoms with van der Waals surface area (Å²) in [5.74, 6) is -0.327. The number of aromatic amines is 1. The number of aromatic nitrogens is 1. The van der Waals surface area contributed by atoms with E-state index in [1.807, 2.05) is 5.38 Å². The summed E-state index contributed by atoms with van der Waals surface area (Å²) in [5.41, 5.74) is 1.21. The van der Waals surface area contributed by atoms with Gasteiger partial charge in [-0.15, -0.1) is 0 Å². The number of carbonyl (C=O) groups is 1. The molecular formula is C9H8N2O2S2. The summed E-state index contributed by atoms with van der Waals surface area (Å²) in [5, 5.41) is 4.40. The topological polar surface area (TPSA) is 62.0 Å². The zero-order valence-corrected chi connectivity index (χ0v) is 9.55. The molecule has 2 heterocycles. The van der Waals surface area contributed by atoms with E-state index in [4.69, 9.17) is 0 Å². The maximum atomic E-state index is 11.5. The summed E-state index contributed by atoms with van der Waals surface area (Å²) < 4.78 is 0. The van der Waals surface area contributed by atoms with Gasteiger partial charge in [0.15, 0.2) is 0 Å². The number of anilines is 1. The predicted molar refractivity (Wildman–Crippen MR) is 62.9 cm³/mol. The fraction of sp³-hybridized carbons (Fsp3) is 0.111. The zero-order chi connectivity index (χ0) is 11.0. The van der Waals surface area contributed by atoms with Gasteiger partial charge in [-0.1, -0.05) is 27.3 Å². The zero-order valence-electron chi connectivity index (χ0n) is 7.92. The highest BCUT2D eigenvalue weighted by atomic mass is 32.9. The Balaban J connectivity index is 2.40. The van der Waals surface area contributed by atoms with Gasteiger partial charge in [0.25, 0.3) is 11.5 Å². The summed E-state index contributed by atoms with van der Waals surface area (Å²) in [7, 11) is 2.97. The number of hydrogen-bond donors (Lipinski definition) is 2. The van der Waals surface area contributed by atoms with Gasteiger partial charge >= 0.3 is 0 Å². The molecule has 0 fully saturated rings. The normalized spacial score (nSPS) is 10.5. The fourth-order valence-corrected chi connectivity index (χ4v) is 3.26. The second-order valence-corrected chi connectivity index (χ2v) is 5.18. The number of hydrogen-bond acceptors (Lipinski definition) is 4. The Labute approximate surface area is 93.0 Å². The van der Waals surface area contributed by atoms with E-state index in [9.17, 15) is 9.59 Å². The Morgan fingerprint density at radius 2 is 2.33 bits per heavy atom. The summed E-state index contributed by atoms with van der Waals surface area (Å²) in [4.78, 5) is 26.3. The van der Waals surface area contributed by atoms with Gasteiger partial charge in [0.05, 0.1) is 10.6 Å². The van der Waals surface area contributed by atoms with Crippen molar-refractivity contribution in [3.05, 3.63) is 27.9 Å². The van der Waals surface area contributed by atoms with Gasteiger partial charge in [0.1, 0.15) is 5.69 Å². The smallest absolute Gasteiger partial charge is 0.273 e. The van der Waals surface area contributed by atoms with Crippen LogP contribution in [0.3, 0.4) is 0 Å². The first-order valence-corrected chi connectivity index (χ1v) is 6.37. The highest BCUT2D eigenvalue weighted by Crippen LogP contribution is 2.35. The monoisotopic (exact) mass is 240 g/mol. The van der Waals surface area contributed by atoms with Gasteiger partial charge in [-0.3, -0.25) is 9.59 Å². The number of nitrogens with one attached hydrogen (secondary N) is 2. The van der Waals surface area contributed by atoms with E-state index in [-0.39, 0.29) is 11.5 Å². The van der Waals surface area contributed by atoms with Crippen molar-refractivity contribution in [2.24, 2.45) is 0 Å². The van der Waals surface area contributed by atoms with Crippen LogP contribution in [-0.4, -0.2) is 10.9 Å². The van der Waals surface area contributed by atoms with Crippen LogP contribution in [0, 0.1) is 0 Å². The molecule has 2 N–H and O–H groups in total. The first kappa shape index (κ1) is 10.1. The van der Waals surface area contributed by atoms with Crippen molar-refractivity contribution in [2.75, 3.05) is 5.32 Å². The molecule has 0 aliphatic carbocycles. The molecule has 0 unspecified atom stereocenters. The second-order valence-electron chi connectivity index (χ2n) is 3.10. The third-order valence-electron chi connectivity index (χ3n) is 1.87. The summed E-state index contributed by atoms with van der Waals surface area (Å²) >= 11 is 0. The van der Waals surface area contributed by atoms with Gasteiger partial charge in [0, 0.05) is 11.0 Å². The Morgan fingerprint density at radius 1 is 1.60 bits per heavy atom. The van der Waals surface area contributed by atoms with Crippen LogP contribution in [-0.2, 0) is 4.79 Å². The van der Waals surface area contributed by atoms with E-state index in [1.54, 1.807) is 6.92 Å². The molecule has 0 saturated heterocycles. The molecule has 2 aliphatic heterocycles. The third kappa shape index (κ3) is 1.73. The van der Waals surface area contributed by atoms with Crippen molar-refractivity contribution in [3.63, 3.8) is 0 Å². The Bertz CT molecular complexity index is 549. The average molecular weight is 240 g/mol. The van der Waals surface area contributed by atoms with Crippen molar-refractivity contribution in [2.45, 2.75) is 6.92 Å². The van der Waals surface area contributed by atoms with Crippen LogP contribution in [0.25, 0.3) is 10.6 Å². The Morgan fingerprint density at radius 3 is 3.00 bits per heavy atom. The quantitative estimate of drug-likeness (QED) is 0.624. The van der Waals surface area contributed by atoms with E-state index in [0.717, 1.165) is 10.6 Å². The van der Waals surface area contributed by atoms with Crippen molar-refractivity contribution in [1.82, 2.24) is 4.98 Å². The summed E-state index contributed by atoms with van der Waals surface area (Å²) in [6.07, 6.45) is 0. The second kappa shape index (κ2) is 3.63. The van der Waals surface area contributed by atoms with E-state index < -0.39 is 0 Å². The maximum absolute atomic E-state index is 11.5. The SMILES string of the molecule is C=C(C)C(=O)Nc1c2sscc-2[nH]c1=O. The van der Waals surface area contributed by atoms with Gasteiger partial charge < -0.3 is 10.3 Å². The van der Waals surface area contributed by atoms with Gasteiger partial charge in [-0.05, 0) is 6.92 Å². The molecule has 0 aromatic carbocycles. The molecule has 0 aromatic rings. The lowest BCUT2D eigenvalue weighted by molar-refractivity contribution is -0.112. The number of fused-ring (bicyclic) bond motifs is 1. The fourth-order valence-electron chi connectivity index (χ4n) is 1.10. The van der Waals surface area contributed by atoms with Crippen LogP contribution in [0.1, 0.15) is 6.92 Å². The molecule has 15 heavy (non-hydrogen) atoms. The average Bonchev–Trinajstić information content (AvgIpc) is 2.69. The van der Waals surface area contributed by atoms with E-state index in [2.05, 4.69) is 16.9 Å². The lowest BCUT2D eigenvalue weighted by Gasteiger charge is -2.00. The largest absolute Gasteiger partial charge is 0.319 e. The standard InChI is InChI=1S/C9H8N2O2S2/c1-4(2)8(12)11-6-7-5(3-14-15-7)10-9(6)13/h3H,1H2,2H3,(H,10,13)(H,11,12). The molecule has 0 aromatic heterocycles. The van der Waals surface area contributed by atoms with E-state index >= 15 is 0 Å². The van der Waals surface area contributed by atoms with Gasteiger partial charge in [-0.2, -0.15) is 0 Å². The van der Waals surface area contributed by atoms with Gasteiger partial charge in [-0.25, -0.2) is 0 Å². The van der Waals surface area contributed by atoms with Crippen LogP contribution >= 0.6 is 20.7 Å². The summed E-state index contributed by atoms with van der Waals surface area (Å²) in [6, 6.07) is 0. The third-order valence-corrected chi connectivity index (χ3v) is 3.97. The van der Waals surface area contributed by atoms with Crippen molar-refractivity contribution in [1.29, 1.82) is 0 Å². The van der Waals surface area contributed by atoms with Crippen molar-refractivity contribution >= 4 is 32.3 Å². The van der Waals surface area contributed by atoms with Crippen molar-refractivity contribution in [3.8, 4) is 10.6 Å². The minimum absolute atomic E-state index is 0.265. The first-order valence-electron chi connectivity index (χ1n) is 4.16. The predicted octanol–water partition coefficient (Wildman–Crippen LogP) is 2.12. The molecule has 78 valence electrons. The molecule has 2 rings (SSSR count). The Kier molecular flexibility index (Phi) is 2.45. The lowest BCUT2D eigenvalue weighted by Crippen LogP contribution is -2.16. The van der Waals surface area contributed by atoms with E-state index in [0.29, 0.717) is 11.3 Å². The minimum Gasteiger partial charge on any atom is -0.319 e. The van der Waals surface area contributed by atoms with Crippen molar-refractivity contribution < 1.29 is 4.79 Å². The van der Waals surface area contributed by atoms with Crippen LogP contribution < -0.4 is 10.9 Å². The number of rotatable bonds is 2. The minimum atomic E-state index is -0.327. The van der Waals surface area contributed by atoms with Gasteiger partial charge in [0.2, 0.25) is 0 Å². The number of carbonyl (C=O) groups excluding carboxylic acids is 1. The van der Waals surface area contributed by atoms with Crippen LogP contribution in [0.5, 0.6) is 0 Å². The highest BCUT2D eigenvalue weighted by Gasteiger charge is 2.18. The molecule has 0 radical (unpaired) electrons. The Hall–Kier alpha value is -1.40. The maximum Gasteiger partial charge on any atom is 0.273 e. The molecule has 1 amide bonds. The number of H-pyrrole nitrogens is 1. The molecule has 6 heteroatoms. The molecule has 4 nitrogen and oxygen atoms in total. The molecule has 2 aliphatic rings. The van der Waals surface area contributed by atoms with Crippen LogP contribution in [0.2, 0.25) is 0 Å². The molecular weight excluding hydrogens is 232 g/mol. The molecule has 0 saturated carbocycles. The first-order chi connectivity index (χ1) is 7.09. The van der Waals surface area contributed by atoms with Crippen LogP contribution in [0.15, 0.2) is 22.3 Å². The molecule has 0 atom stereocenters. The summed E-state index contributed by atoms with van der Waals surface area (Å²) in [6.45, 7) is 5.11.